The lowest BCUT2D eigenvalue weighted by atomic mass is 10.1. The second-order valence-electron chi connectivity index (χ2n) is 3.93. The first kappa shape index (κ1) is 14.3. The SMILES string of the molecule is CNC(=O)CN(C)[C@@H](C)c1ccc(Cl)cc1Cl. The number of hydrogen-bond acceptors (Lipinski definition) is 2. The summed E-state index contributed by atoms with van der Waals surface area (Å²) in [6, 6.07) is 5.45. The van der Waals surface area contributed by atoms with Crippen molar-refractivity contribution in [1.82, 2.24) is 10.2 Å². The van der Waals surface area contributed by atoms with Gasteiger partial charge in [-0.3, -0.25) is 9.69 Å². The maximum atomic E-state index is 11.3. The molecule has 17 heavy (non-hydrogen) atoms. The predicted molar refractivity (Wildman–Crippen MR) is 71.6 cm³/mol. The zero-order valence-electron chi connectivity index (χ0n) is 10.1. The number of nitrogens with zero attached hydrogens (tertiary/aromatic N) is 1. The summed E-state index contributed by atoms with van der Waals surface area (Å²) in [7, 11) is 3.50. The van der Waals surface area contributed by atoms with Gasteiger partial charge in [-0.05, 0) is 31.7 Å². The van der Waals surface area contributed by atoms with Crippen LogP contribution in [0, 0.1) is 0 Å². The lowest BCUT2D eigenvalue weighted by Gasteiger charge is -2.25. The normalized spacial score (nSPS) is 12.6. The summed E-state index contributed by atoms with van der Waals surface area (Å²) in [4.78, 5) is 13.2. The van der Waals surface area contributed by atoms with Gasteiger partial charge in [0, 0.05) is 23.1 Å². The van der Waals surface area contributed by atoms with Crippen LogP contribution >= 0.6 is 23.2 Å². The zero-order chi connectivity index (χ0) is 13.0. The molecule has 1 amide bonds. The van der Waals surface area contributed by atoms with Crippen LogP contribution in [-0.2, 0) is 4.79 Å². The minimum absolute atomic E-state index is 0.0237. The Morgan fingerprint density at radius 3 is 2.65 bits per heavy atom. The Morgan fingerprint density at radius 2 is 2.12 bits per heavy atom. The van der Waals surface area contributed by atoms with Crippen LogP contribution in [-0.4, -0.2) is 31.4 Å². The molecule has 1 aromatic carbocycles. The summed E-state index contributed by atoms with van der Waals surface area (Å²) in [5.41, 5.74) is 0.961. The number of halogens is 2. The summed E-state index contributed by atoms with van der Waals surface area (Å²) in [5, 5.41) is 3.82. The van der Waals surface area contributed by atoms with Gasteiger partial charge >= 0.3 is 0 Å². The molecule has 0 unspecified atom stereocenters. The zero-order valence-corrected chi connectivity index (χ0v) is 11.6. The number of benzene rings is 1. The molecule has 0 aliphatic carbocycles. The van der Waals surface area contributed by atoms with Crippen molar-refractivity contribution >= 4 is 29.1 Å². The molecule has 3 nitrogen and oxygen atoms in total. The monoisotopic (exact) mass is 274 g/mol. The summed E-state index contributed by atoms with van der Waals surface area (Å²) in [5.74, 6) is -0.0237. The molecule has 1 aromatic rings. The van der Waals surface area contributed by atoms with Gasteiger partial charge in [-0.15, -0.1) is 0 Å². The topological polar surface area (TPSA) is 32.3 Å². The van der Waals surface area contributed by atoms with Crippen molar-refractivity contribution < 1.29 is 4.79 Å². The highest BCUT2D eigenvalue weighted by molar-refractivity contribution is 6.35. The van der Waals surface area contributed by atoms with Crippen molar-refractivity contribution in [1.29, 1.82) is 0 Å². The number of carbonyl (C=O) groups excluding carboxylic acids is 1. The van der Waals surface area contributed by atoms with E-state index in [9.17, 15) is 4.79 Å². The Kier molecular flexibility index (Phi) is 5.25. The third-order valence-electron chi connectivity index (χ3n) is 2.75. The fourth-order valence-corrected chi connectivity index (χ4v) is 2.09. The number of likely N-dealkylation sites (N-methyl/N-ethyl adjacent to an activating group) is 2. The lowest BCUT2D eigenvalue weighted by Crippen LogP contribution is -2.34. The smallest absolute Gasteiger partial charge is 0.233 e. The van der Waals surface area contributed by atoms with E-state index < -0.39 is 0 Å². The van der Waals surface area contributed by atoms with Crippen LogP contribution in [0.4, 0.5) is 0 Å². The van der Waals surface area contributed by atoms with E-state index in [0.29, 0.717) is 16.6 Å². The number of hydrogen-bond donors (Lipinski definition) is 1. The van der Waals surface area contributed by atoms with Gasteiger partial charge in [-0.1, -0.05) is 29.3 Å². The second-order valence-corrected chi connectivity index (χ2v) is 4.77. The minimum Gasteiger partial charge on any atom is -0.358 e. The molecule has 0 saturated carbocycles. The number of rotatable bonds is 4. The maximum absolute atomic E-state index is 11.3. The molecule has 94 valence electrons. The molecule has 5 heteroatoms. The fourth-order valence-electron chi connectivity index (χ4n) is 1.52. The van der Waals surface area contributed by atoms with E-state index in [-0.39, 0.29) is 11.9 Å². The molecule has 0 heterocycles. The molecular formula is C12H16Cl2N2O. The number of nitrogens with one attached hydrogen (secondary N) is 1. The van der Waals surface area contributed by atoms with E-state index >= 15 is 0 Å². The standard InChI is InChI=1S/C12H16Cl2N2O/c1-8(16(3)7-12(17)15-2)10-5-4-9(13)6-11(10)14/h4-6,8H,7H2,1-3H3,(H,15,17)/t8-/m0/s1. The Bertz CT molecular complexity index is 409. The van der Waals surface area contributed by atoms with Crippen molar-refractivity contribution in [2.45, 2.75) is 13.0 Å². The van der Waals surface area contributed by atoms with Crippen LogP contribution in [0.1, 0.15) is 18.5 Å². The second kappa shape index (κ2) is 6.24. The van der Waals surface area contributed by atoms with E-state index in [1.165, 1.54) is 0 Å². The maximum Gasteiger partial charge on any atom is 0.233 e. The Balaban J connectivity index is 2.81. The lowest BCUT2D eigenvalue weighted by molar-refractivity contribution is -0.121. The van der Waals surface area contributed by atoms with E-state index in [4.69, 9.17) is 23.2 Å². The van der Waals surface area contributed by atoms with E-state index in [1.54, 1.807) is 19.2 Å². The summed E-state index contributed by atoms with van der Waals surface area (Å²) < 4.78 is 0. The molecule has 0 saturated heterocycles. The molecular weight excluding hydrogens is 259 g/mol. The molecule has 1 N–H and O–H groups in total. The van der Waals surface area contributed by atoms with Crippen LogP contribution in [0.3, 0.4) is 0 Å². The van der Waals surface area contributed by atoms with Crippen LogP contribution in [0.25, 0.3) is 0 Å². The largest absolute Gasteiger partial charge is 0.358 e. The van der Waals surface area contributed by atoms with Gasteiger partial charge in [0.05, 0.1) is 6.54 Å². The Labute approximate surface area is 112 Å². The van der Waals surface area contributed by atoms with Gasteiger partial charge in [-0.2, -0.15) is 0 Å². The van der Waals surface area contributed by atoms with Crippen molar-refractivity contribution in [3.8, 4) is 0 Å². The number of carbonyl (C=O) groups is 1. The van der Waals surface area contributed by atoms with Crippen LogP contribution in [0.2, 0.25) is 10.0 Å². The average molecular weight is 275 g/mol. The van der Waals surface area contributed by atoms with Crippen LogP contribution < -0.4 is 5.32 Å². The fraction of sp³-hybridized carbons (Fsp3) is 0.417. The van der Waals surface area contributed by atoms with Gasteiger partial charge in [0.1, 0.15) is 0 Å². The van der Waals surface area contributed by atoms with Crippen molar-refractivity contribution in [2.24, 2.45) is 0 Å². The van der Waals surface area contributed by atoms with Crippen LogP contribution in [0.15, 0.2) is 18.2 Å². The highest BCUT2D eigenvalue weighted by Gasteiger charge is 2.16. The van der Waals surface area contributed by atoms with Gasteiger partial charge < -0.3 is 5.32 Å². The summed E-state index contributed by atoms with van der Waals surface area (Å²) in [6.45, 7) is 2.33. The Morgan fingerprint density at radius 1 is 1.47 bits per heavy atom. The van der Waals surface area contributed by atoms with Crippen molar-refractivity contribution in [3.05, 3.63) is 33.8 Å². The summed E-state index contributed by atoms with van der Waals surface area (Å²) in [6.07, 6.45) is 0. The minimum atomic E-state index is -0.0237. The third-order valence-corrected chi connectivity index (χ3v) is 3.31. The van der Waals surface area contributed by atoms with Gasteiger partial charge in [0.2, 0.25) is 5.91 Å². The highest BCUT2D eigenvalue weighted by Crippen LogP contribution is 2.28. The van der Waals surface area contributed by atoms with Gasteiger partial charge in [-0.25, -0.2) is 0 Å². The average Bonchev–Trinajstić information content (AvgIpc) is 2.28. The molecule has 0 spiro atoms. The molecule has 0 aromatic heterocycles. The van der Waals surface area contributed by atoms with Gasteiger partial charge in [0.25, 0.3) is 0 Å². The highest BCUT2D eigenvalue weighted by atomic mass is 35.5. The third kappa shape index (κ3) is 3.87. The molecule has 0 bridgehead atoms. The van der Waals surface area contributed by atoms with Crippen molar-refractivity contribution in [2.75, 3.05) is 20.6 Å². The number of amides is 1. The summed E-state index contributed by atoms with van der Waals surface area (Å²) >= 11 is 12.0. The first-order chi connectivity index (χ1) is 7.95. The van der Waals surface area contributed by atoms with E-state index in [1.807, 2.05) is 24.9 Å². The molecule has 1 atom stereocenters. The molecule has 0 aliphatic rings. The predicted octanol–water partition coefficient (Wildman–Crippen LogP) is 2.73. The Hall–Kier alpha value is -0.770. The first-order valence-electron chi connectivity index (χ1n) is 5.31. The first-order valence-corrected chi connectivity index (χ1v) is 6.07. The van der Waals surface area contributed by atoms with E-state index in [0.717, 1.165) is 5.56 Å². The van der Waals surface area contributed by atoms with E-state index in [2.05, 4.69) is 5.32 Å². The quantitative estimate of drug-likeness (QED) is 0.916. The van der Waals surface area contributed by atoms with Gasteiger partial charge in [0.15, 0.2) is 0 Å². The molecule has 0 radical (unpaired) electrons. The van der Waals surface area contributed by atoms with Crippen LogP contribution in [0.5, 0.6) is 0 Å². The molecule has 0 aliphatic heterocycles. The van der Waals surface area contributed by atoms with Crippen molar-refractivity contribution in [3.63, 3.8) is 0 Å². The molecule has 1 rings (SSSR count). The molecule has 0 fully saturated rings.